The van der Waals surface area contributed by atoms with Crippen LogP contribution in [-0.2, 0) is 11.3 Å². The zero-order chi connectivity index (χ0) is 8.27. The second-order valence-corrected chi connectivity index (χ2v) is 2.37. The van der Waals surface area contributed by atoms with Crippen molar-refractivity contribution in [1.29, 1.82) is 0 Å². The molecule has 0 spiro atoms. The van der Waals surface area contributed by atoms with Gasteiger partial charge in [-0.05, 0) is 0 Å². The fraction of sp³-hybridized carbons (Fsp3) is 0.333. The predicted octanol–water partition coefficient (Wildman–Crippen LogP) is 0.570. The van der Waals surface area contributed by atoms with E-state index in [1.165, 1.54) is 13.3 Å². The molecule has 0 fully saturated rings. The average Bonchev–Trinajstić information content (AvgIpc) is 1.97. The molecule has 0 saturated heterocycles. The van der Waals surface area contributed by atoms with E-state index in [1.54, 1.807) is 0 Å². The molecule has 0 aliphatic carbocycles. The number of methoxy groups -OCH3 is 1. The Morgan fingerprint density at radius 1 is 1.82 bits per heavy atom. The summed E-state index contributed by atoms with van der Waals surface area (Å²) in [6, 6.07) is 0. The molecule has 0 aliphatic heterocycles. The maximum Gasteiger partial charge on any atom is 0.271 e. The Bertz CT molecular complexity index is 297. The number of rotatable bonds is 2. The van der Waals surface area contributed by atoms with E-state index < -0.39 is 0 Å². The highest BCUT2D eigenvalue weighted by molar-refractivity contribution is 6.31. The lowest BCUT2D eigenvalue weighted by Crippen LogP contribution is -2.14. The van der Waals surface area contributed by atoms with Crippen LogP contribution in [0.5, 0.6) is 0 Å². The zero-order valence-electron chi connectivity index (χ0n) is 5.93. The van der Waals surface area contributed by atoms with E-state index in [2.05, 4.69) is 10.2 Å². The number of hydrogen-bond acceptors (Lipinski definition) is 3. The third kappa shape index (κ3) is 1.78. The van der Waals surface area contributed by atoms with Crippen LogP contribution in [0.3, 0.4) is 0 Å². The van der Waals surface area contributed by atoms with Crippen LogP contribution in [-0.4, -0.2) is 17.3 Å². The van der Waals surface area contributed by atoms with Gasteiger partial charge < -0.3 is 4.74 Å². The van der Waals surface area contributed by atoms with Crippen LogP contribution in [0.1, 0.15) is 5.56 Å². The maximum absolute atomic E-state index is 10.9. The molecule has 0 radical (unpaired) electrons. The standard InChI is InChI=1S/C6H7ClN2O2/c1-11-3-4-5(7)2-8-9-6(4)10/h2H,3H2,1H3,(H,9,10). The number of nitrogens with zero attached hydrogens (tertiary/aromatic N) is 1. The van der Waals surface area contributed by atoms with Crippen LogP contribution in [0.4, 0.5) is 0 Å². The van der Waals surface area contributed by atoms with Crippen LogP contribution in [0.2, 0.25) is 5.02 Å². The molecule has 1 N–H and O–H groups in total. The molecule has 0 unspecified atom stereocenters. The van der Waals surface area contributed by atoms with Gasteiger partial charge in [0, 0.05) is 7.11 Å². The van der Waals surface area contributed by atoms with Crippen molar-refractivity contribution < 1.29 is 4.74 Å². The van der Waals surface area contributed by atoms with Gasteiger partial charge in [-0.25, -0.2) is 5.10 Å². The van der Waals surface area contributed by atoms with Crippen molar-refractivity contribution in [1.82, 2.24) is 10.2 Å². The topological polar surface area (TPSA) is 55.0 Å². The first-order valence-corrected chi connectivity index (χ1v) is 3.34. The highest BCUT2D eigenvalue weighted by Crippen LogP contribution is 2.08. The molecule has 0 aromatic carbocycles. The van der Waals surface area contributed by atoms with Gasteiger partial charge in [-0.15, -0.1) is 0 Å². The minimum Gasteiger partial charge on any atom is -0.380 e. The van der Waals surface area contributed by atoms with Gasteiger partial charge in [-0.3, -0.25) is 4.79 Å². The third-order valence-corrected chi connectivity index (χ3v) is 1.52. The minimum absolute atomic E-state index is 0.205. The Balaban J connectivity index is 3.10. The summed E-state index contributed by atoms with van der Waals surface area (Å²) in [4.78, 5) is 10.9. The number of H-pyrrole nitrogens is 1. The molecule has 1 aromatic rings. The Labute approximate surface area is 68.1 Å². The van der Waals surface area contributed by atoms with Crippen molar-refractivity contribution in [2.45, 2.75) is 6.61 Å². The molecule has 1 aromatic heterocycles. The predicted molar refractivity (Wildman–Crippen MR) is 40.6 cm³/mol. The molecular formula is C6H7ClN2O2. The summed E-state index contributed by atoms with van der Waals surface area (Å²) in [5, 5.41) is 6.09. The Morgan fingerprint density at radius 2 is 2.55 bits per heavy atom. The second-order valence-electron chi connectivity index (χ2n) is 1.96. The van der Waals surface area contributed by atoms with Crippen LogP contribution in [0.25, 0.3) is 0 Å². The van der Waals surface area contributed by atoms with Crippen LogP contribution in [0, 0.1) is 0 Å². The largest absolute Gasteiger partial charge is 0.380 e. The van der Waals surface area contributed by atoms with E-state index in [0.29, 0.717) is 10.6 Å². The number of aromatic nitrogens is 2. The number of aromatic amines is 1. The van der Waals surface area contributed by atoms with Crippen molar-refractivity contribution >= 4 is 11.6 Å². The number of hydrogen-bond donors (Lipinski definition) is 1. The van der Waals surface area contributed by atoms with Crippen LogP contribution in [0.15, 0.2) is 11.0 Å². The summed E-state index contributed by atoms with van der Waals surface area (Å²) in [5.74, 6) is 0. The Hall–Kier alpha value is -0.870. The van der Waals surface area contributed by atoms with Gasteiger partial charge in [0.25, 0.3) is 5.56 Å². The second kappa shape index (κ2) is 3.50. The quantitative estimate of drug-likeness (QED) is 0.713. The van der Waals surface area contributed by atoms with Crippen molar-refractivity contribution in [2.75, 3.05) is 7.11 Å². The fourth-order valence-corrected chi connectivity index (χ4v) is 0.869. The molecule has 4 nitrogen and oxygen atoms in total. The first-order chi connectivity index (χ1) is 5.25. The number of ether oxygens (including phenoxy) is 1. The number of halogens is 1. The summed E-state index contributed by atoms with van der Waals surface area (Å²) < 4.78 is 4.76. The lowest BCUT2D eigenvalue weighted by atomic mass is 10.3. The molecule has 0 amide bonds. The first kappa shape index (κ1) is 8.23. The van der Waals surface area contributed by atoms with Gasteiger partial charge in [0.2, 0.25) is 0 Å². The van der Waals surface area contributed by atoms with Crippen molar-refractivity contribution in [3.05, 3.63) is 27.1 Å². The van der Waals surface area contributed by atoms with Gasteiger partial charge >= 0.3 is 0 Å². The van der Waals surface area contributed by atoms with Gasteiger partial charge in [-0.2, -0.15) is 5.10 Å². The monoisotopic (exact) mass is 174 g/mol. The summed E-state index contributed by atoms with van der Waals surface area (Å²) in [6.45, 7) is 0.205. The molecule has 60 valence electrons. The normalized spacial score (nSPS) is 10.0. The van der Waals surface area contributed by atoms with E-state index in [4.69, 9.17) is 16.3 Å². The summed E-state index contributed by atoms with van der Waals surface area (Å²) >= 11 is 5.65. The van der Waals surface area contributed by atoms with Gasteiger partial charge in [-0.1, -0.05) is 11.6 Å². The molecule has 0 saturated carbocycles. The molecule has 1 heterocycles. The van der Waals surface area contributed by atoms with Gasteiger partial charge in [0.05, 0.1) is 23.4 Å². The molecular weight excluding hydrogens is 168 g/mol. The van der Waals surface area contributed by atoms with Gasteiger partial charge in [0.1, 0.15) is 0 Å². The van der Waals surface area contributed by atoms with Crippen LogP contribution < -0.4 is 5.56 Å². The Kier molecular flexibility index (Phi) is 2.62. The van der Waals surface area contributed by atoms with Crippen molar-refractivity contribution in [2.24, 2.45) is 0 Å². The highest BCUT2D eigenvalue weighted by atomic mass is 35.5. The van der Waals surface area contributed by atoms with E-state index in [-0.39, 0.29) is 12.2 Å². The average molecular weight is 175 g/mol. The molecule has 0 atom stereocenters. The lowest BCUT2D eigenvalue weighted by molar-refractivity contribution is 0.183. The van der Waals surface area contributed by atoms with E-state index >= 15 is 0 Å². The lowest BCUT2D eigenvalue weighted by Gasteiger charge is -1.98. The van der Waals surface area contributed by atoms with Gasteiger partial charge in [0.15, 0.2) is 0 Å². The SMILES string of the molecule is COCc1c(Cl)cn[nH]c1=O. The first-order valence-electron chi connectivity index (χ1n) is 2.96. The van der Waals surface area contributed by atoms with E-state index in [9.17, 15) is 4.79 Å². The zero-order valence-corrected chi connectivity index (χ0v) is 6.68. The summed E-state index contributed by atoms with van der Waals surface area (Å²) in [6.07, 6.45) is 1.37. The fourth-order valence-electron chi connectivity index (χ4n) is 0.680. The van der Waals surface area contributed by atoms with Crippen molar-refractivity contribution in [3.63, 3.8) is 0 Å². The molecule has 0 aliphatic rings. The van der Waals surface area contributed by atoms with E-state index in [1.807, 2.05) is 0 Å². The summed E-state index contributed by atoms with van der Waals surface area (Å²) in [5.41, 5.74) is 0.100. The molecule has 0 bridgehead atoms. The molecule has 11 heavy (non-hydrogen) atoms. The molecule has 1 rings (SSSR count). The smallest absolute Gasteiger partial charge is 0.271 e. The minimum atomic E-state index is -0.306. The number of nitrogens with one attached hydrogen (secondary N) is 1. The van der Waals surface area contributed by atoms with E-state index in [0.717, 1.165) is 0 Å². The summed E-state index contributed by atoms with van der Waals surface area (Å²) in [7, 11) is 1.50. The maximum atomic E-state index is 10.9. The highest BCUT2D eigenvalue weighted by Gasteiger charge is 2.03. The third-order valence-electron chi connectivity index (χ3n) is 1.20. The Morgan fingerprint density at radius 3 is 3.09 bits per heavy atom. The van der Waals surface area contributed by atoms with Crippen molar-refractivity contribution in [3.8, 4) is 0 Å². The van der Waals surface area contributed by atoms with Crippen LogP contribution >= 0.6 is 11.6 Å². The molecule has 5 heteroatoms.